The van der Waals surface area contributed by atoms with Crippen LogP contribution in [0.5, 0.6) is 0 Å². The summed E-state index contributed by atoms with van der Waals surface area (Å²) in [6, 6.07) is 56.5. The number of nitrogens with zero attached hydrogens (tertiary/aromatic N) is 1. The topological polar surface area (TPSA) is 3.24 Å². The van der Waals surface area contributed by atoms with Crippen LogP contribution < -0.4 is 4.90 Å². The minimum atomic E-state index is -0.143. The number of benzene rings is 7. The first-order valence-corrected chi connectivity index (χ1v) is 18.0. The van der Waals surface area contributed by atoms with Crippen molar-refractivity contribution in [3.05, 3.63) is 174 Å². The van der Waals surface area contributed by atoms with Crippen LogP contribution >= 0.6 is 0 Å². The number of rotatable bonds is 4. The van der Waals surface area contributed by atoms with Crippen LogP contribution in [0.4, 0.5) is 17.1 Å². The highest BCUT2D eigenvalue weighted by Gasteiger charge is 2.46. The molecule has 0 saturated carbocycles. The highest BCUT2D eigenvalue weighted by Crippen LogP contribution is 2.58. The molecule has 0 radical (unpaired) electrons. The van der Waals surface area contributed by atoms with Gasteiger partial charge < -0.3 is 4.90 Å². The smallest absolute Gasteiger partial charge is 0.0549 e. The van der Waals surface area contributed by atoms with E-state index in [2.05, 4.69) is 198 Å². The van der Waals surface area contributed by atoms with Crippen molar-refractivity contribution in [2.45, 2.75) is 57.8 Å². The van der Waals surface area contributed by atoms with E-state index in [4.69, 9.17) is 0 Å². The molecule has 0 heterocycles. The second kappa shape index (κ2) is 10.8. The van der Waals surface area contributed by atoms with Gasteiger partial charge in [0.15, 0.2) is 0 Å². The van der Waals surface area contributed by atoms with E-state index in [0.717, 1.165) is 5.69 Å². The molecule has 0 aliphatic heterocycles. The van der Waals surface area contributed by atoms with E-state index < -0.39 is 0 Å². The quantitative estimate of drug-likeness (QED) is 0.184. The van der Waals surface area contributed by atoms with Crippen molar-refractivity contribution >= 4 is 27.8 Å². The molecule has 0 spiro atoms. The van der Waals surface area contributed by atoms with Gasteiger partial charge in [-0.1, -0.05) is 163 Å². The molecule has 2 aliphatic carbocycles. The van der Waals surface area contributed by atoms with Crippen molar-refractivity contribution < 1.29 is 0 Å². The van der Waals surface area contributed by atoms with E-state index in [1.807, 2.05) is 0 Å². The third-order valence-corrected chi connectivity index (χ3v) is 12.4. The SMILES string of the molecule is CC1(C)c2ccccc2-c2c(N(c3ccc(-c4ccccc4)cc3)c3ccc4c(c3)C(C)(C)C(C)(C)c3ccccc3-4)cc3ccccc3c21. The third kappa shape index (κ3) is 4.26. The fourth-order valence-electron chi connectivity index (χ4n) is 9.03. The molecule has 0 atom stereocenters. The van der Waals surface area contributed by atoms with Gasteiger partial charge in [0.1, 0.15) is 0 Å². The van der Waals surface area contributed by atoms with Crippen LogP contribution in [0.1, 0.15) is 63.8 Å². The van der Waals surface area contributed by atoms with Crippen molar-refractivity contribution in [2.75, 3.05) is 4.90 Å². The lowest BCUT2D eigenvalue weighted by atomic mass is 9.55. The fourth-order valence-corrected chi connectivity index (χ4v) is 9.03. The highest BCUT2D eigenvalue weighted by atomic mass is 15.1. The van der Waals surface area contributed by atoms with Gasteiger partial charge in [-0.25, -0.2) is 0 Å². The molecule has 1 nitrogen and oxygen atoms in total. The zero-order chi connectivity index (χ0) is 34.4. The average molecular weight is 646 g/mol. The van der Waals surface area contributed by atoms with Crippen LogP contribution in [-0.2, 0) is 16.2 Å². The van der Waals surface area contributed by atoms with Crippen molar-refractivity contribution in [3.8, 4) is 33.4 Å². The van der Waals surface area contributed by atoms with Gasteiger partial charge in [0.2, 0.25) is 0 Å². The molecule has 0 fully saturated rings. The van der Waals surface area contributed by atoms with Gasteiger partial charge in [0.25, 0.3) is 0 Å². The van der Waals surface area contributed by atoms with Crippen molar-refractivity contribution in [1.29, 1.82) is 0 Å². The van der Waals surface area contributed by atoms with Gasteiger partial charge in [0.05, 0.1) is 5.69 Å². The van der Waals surface area contributed by atoms with Crippen LogP contribution in [0, 0.1) is 0 Å². The van der Waals surface area contributed by atoms with E-state index in [1.165, 1.54) is 77.8 Å². The maximum absolute atomic E-state index is 2.53. The maximum atomic E-state index is 2.53. The molecule has 0 unspecified atom stereocenters. The summed E-state index contributed by atoms with van der Waals surface area (Å²) < 4.78 is 0. The summed E-state index contributed by atoms with van der Waals surface area (Å²) in [5.41, 5.74) is 16.6. The standard InChI is InChI=1S/C49H43N/c1-47(2)41-22-14-13-21-40(41)45-44(30-34-18-10-11-19-37(34)46(45)47)50(35-26-24-33(25-27-35)32-16-8-7-9-17-32)36-28-29-39-38-20-12-15-23-42(38)48(3,4)49(5,6)43(39)31-36/h7-31H,1-6H3. The number of fused-ring (bicyclic) bond motifs is 8. The summed E-state index contributed by atoms with van der Waals surface area (Å²) in [6.07, 6.45) is 0. The first-order chi connectivity index (χ1) is 24.1. The predicted molar refractivity (Wildman–Crippen MR) is 213 cm³/mol. The molecule has 0 bridgehead atoms. The van der Waals surface area contributed by atoms with Crippen molar-refractivity contribution in [1.82, 2.24) is 0 Å². The van der Waals surface area contributed by atoms with Gasteiger partial charge in [-0.05, 0) is 102 Å². The summed E-state index contributed by atoms with van der Waals surface area (Å²) >= 11 is 0. The molecular weight excluding hydrogens is 603 g/mol. The highest BCUT2D eigenvalue weighted by molar-refractivity contribution is 6.06. The summed E-state index contributed by atoms with van der Waals surface area (Å²) in [5.74, 6) is 0. The lowest BCUT2D eigenvalue weighted by Gasteiger charge is -2.48. The molecule has 7 aromatic rings. The fraction of sp³-hybridized carbons (Fsp3) is 0.184. The molecule has 0 saturated heterocycles. The number of hydrogen-bond acceptors (Lipinski definition) is 1. The second-order valence-electron chi connectivity index (χ2n) is 15.8. The van der Waals surface area contributed by atoms with Crippen molar-refractivity contribution in [3.63, 3.8) is 0 Å². The Labute approximate surface area is 296 Å². The van der Waals surface area contributed by atoms with Gasteiger partial charge in [0, 0.05) is 22.4 Å². The average Bonchev–Trinajstić information content (AvgIpc) is 3.39. The van der Waals surface area contributed by atoms with Crippen LogP contribution in [0.25, 0.3) is 44.2 Å². The Balaban J connectivity index is 1.34. The number of anilines is 3. The Morgan fingerprint density at radius 3 is 1.74 bits per heavy atom. The zero-order valence-electron chi connectivity index (χ0n) is 29.9. The van der Waals surface area contributed by atoms with Gasteiger partial charge in [-0.3, -0.25) is 0 Å². The molecule has 9 rings (SSSR count). The van der Waals surface area contributed by atoms with Crippen LogP contribution in [0.2, 0.25) is 0 Å². The summed E-state index contributed by atoms with van der Waals surface area (Å²) in [6.45, 7) is 14.5. The summed E-state index contributed by atoms with van der Waals surface area (Å²) in [5, 5.41) is 2.60. The second-order valence-corrected chi connectivity index (χ2v) is 15.8. The van der Waals surface area contributed by atoms with Gasteiger partial charge >= 0.3 is 0 Å². The van der Waals surface area contributed by atoms with Crippen LogP contribution in [0.3, 0.4) is 0 Å². The zero-order valence-corrected chi connectivity index (χ0v) is 29.9. The lowest BCUT2D eigenvalue weighted by molar-refractivity contribution is 0.299. The van der Waals surface area contributed by atoms with Gasteiger partial charge in [-0.2, -0.15) is 0 Å². The Morgan fingerprint density at radius 2 is 0.980 bits per heavy atom. The Kier molecular flexibility index (Phi) is 6.62. The lowest BCUT2D eigenvalue weighted by Crippen LogP contribution is -2.43. The molecule has 0 amide bonds. The van der Waals surface area contributed by atoms with E-state index in [-0.39, 0.29) is 16.2 Å². The van der Waals surface area contributed by atoms with Crippen molar-refractivity contribution in [2.24, 2.45) is 0 Å². The minimum absolute atomic E-state index is 0.0511. The van der Waals surface area contributed by atoms with Crippen LogP contribution in [-0.4, -0.2) is 0 Å². The molecule has 0 N–H and O–H groups in total. The Morgan fingerprint density at radius 1 is 0.420 bits per heavy atom. The monoisotopic (exact) mass is 645 g/mol. The van der Waals surface area contributed by atoms with E-state index in [1.54, 1.807) is 0 Å². The largest absolute Gasteiger partial charge is 0.310 e. The normalized spacial score (nSPS) is 15.9. The molecular formula is C49H43N. The predicted octanol–water partition coefficient (Wildman–Crippen LogP) is 13.5. The Hall–Kier alpha value is -5.40. The summed E-state index contributed by atoms with van der Waals surface area (Å²) in [7, 11) is 0. The third-order valence-electron chi connectivity index (χ3n) is 12.4. The van der Waals surface area contributed by atoms with Gasteiger partial charge in [-0.15, -0.1) is 0 Å². The molecule has 244 valence electrons. The first-order valence-electron chi connectivity index (χ1n) is 18.0. The first kappa shape index (κ1) is 30.6. The van der Waals surface area contributed by atoms with E-state index in [9.17, 15) is 0 Å². The van der Waals surface area contributed by atoms with Crippen LogP contribution in [0.15, 0.2) is 152 Å². The van der Waals surface area contributed by atoms with E-state index in [0.29, 0.717) is 0 Å². The molecule has 7 aromatic carbocycles. The minimum Gasteiger partial charge on any atom is -0.310 e. The molecule has 1 heteroatoms. The number of hydrogen-bond donors (Lipinski definition) is 0. The molecule has 50 heavy (non-hydrogen) atoms. The summed E-state index contributed by atoms with van der Waals surface area (Å²) in [4.78, 5) is 2.53. The van der Waals surface area contributed by atoms with E-state index >= 15 is 0 Å². The Bertz CT molecular complexity index is 2440. The molecule has 2 aliphatic rings. The maximum Gasteiger partial charge on any atom is 0.0549 e. The molecule has 0 aromatic heterocycles.